The van der Waals surface area contributed by atoms with Crippen molar-refractivity contribution in [3.63, 3.8) is 0 Å². The molecule has 106 valence electrons. The van der Waals surface area contributed by atoms with Gasteiger partial charge in [0.2, 0.25) is 0 Å². The van der Waals surface area contributed by atoms with E-state index in [-0.39, 0.29) is 19.0 Å². The quantitative estimate of drug-likeness (QED) is 0.629. The number of hydrogen-bond acceptors (Lipinski definition) is 5. The number of nitrogen functional groups attached to an aromatic ring is 1. The molecular weight excluding hydrogens is 274 g/mol. The number of benzene rings is 1. The number of thiophene rings is 1. The van der Waals surface area contributed by atoms with Crippen LogP contribution in [0, 0.1) is 0 Å². The molecule has 20 heavy (non-hydrogen) atoms. The van der Waals surface area contributed by atoms with Crippen LogP contribution in [0.15, 0.2) is 41.8 Å². The van der Waals surface area contributed by atoms with Crippen LogP contribution in [0.4, 0.5) is 5.69 Å². The first-order valence-electron chi connectivity index (χ1n) is 6.41. The summed E-state index contributed by atoms with van der Waals surface area (Å²) in [6.07, 6.45) is 0.981. The summed E-state index contributed by atoms with van der Waals surface area (Å²) in [4.78, 5) is 12.7. The number of rotatable bonds is 7. The average molecular weight is 291 g/mol. The molecule has 0 saturated carbocycles. The van der Waals surface area contributed by atoms with Crippen molar-refractivity contribution < 1.29 is 14.3 Å². The van der Waals surface area contributed by atoms with Gasteiger partial charge in [0.1, 0.15) is 5.75 Å². The van der Waals surface area contributed by atoms with Gasteiger partial charge in [0, 0.05) is 11.3 Å². The van der Waals surface area contributed by atoms with Crippen LogP contribution in [0.1, 0.15) is 11.3 Å². The van der Waals surface area contributed by atoms with Gasteiger partial charge in [-0.05, 0) is 23.6 Å². The smallest absolute Gasteiger partial charge is 0.309 e. The third-order valence-electron chi connectivity index (χ3n) is 2.67. The number of nitrogens with two attached hydrogens (primary N) is 1. The van der Waals surface area contributed by atoms with Crippen LogP contribution in [-0.2, 0) is 16.0 Å². The highest BCUT2D eigenvalue weighted by Crippen LogP contribution is 2.19. The molecule has 1 aromatic carbocycles. The minimum atomic E-state index is -0.254. The van der Waals surface area contributed by atoms with Gasteiger partial charge in [-0.3, -0.25) is 4.79 Å². The standard InChI is InChI=1S/C15H17NO3S/c16-13-5-1-2-6-14(13)18-10-8-15(17)19-9-7-12-4-3-11-20-12/h1-6,11H,7-10,16H2. The first-order valence-corrected chi connectivity index (χ1v) is 7.29. The Labute approximate surface area is 122 Å². The van der Waals surface area contributed by atoms with E-state index in [1.165, 1.54) is 4.88 Å². The number of ether oxygens (including phenoxy) is 2. The lowest BCUT2D eigenvalue weighted by atomic mass is 10.3. The van der Waals surface area contributed by atoms with E-state index < -0.39 is 0 Å². The molecule has 1 aromatic heterocycles. The lowest BCUT2D eigenvalue weighted by molar-refractivity contribution is -0.144. The van der Waals surface area contributed by atoms with Crippen molar-refractivity contribution in [1.29, 1.82) is 0 Å². The molecule has 1 heterocycles. The summed E-state index contributed by atoms with van der Waals surface area (Å²) in [6.45, 7) is 0.679. The molecule has 0 bridgehead atoms. The van der Waals surface area contributed by atoms with E-state index in [1.807, 2.05) is 29.6 Å². The summed E-state index contributed by atoms with van der Waals surface area (Å²) >= 11 is 1.66. The Kier molecular flexibility index (Phi) is 5.43. The van der Waals surface area contributed by atoms with Gasteiger partial charge in [0.05, 0.1) is 25.3 Å². The molecule has 0 amide bonds. The van der Waals surface area contributed by atoms with Crippen LogP contribution in [-0.4, -0.2) is 19.2 Å². The normalized spacial score (nSPS) is 10.2. The highest BCUT2D eigenvalue weighted by molar-refractivity contribution is 7.09. The van der Waals surface area contributed by atoms with Gasteiger partial charge in [-0.15, -0.1) is 11.3 Å². The second-order valence-electron chi connectivity index (χ2n) is 4.19. The fourth-order valence-electron chi connectivity index (χ4n) is 1.65. The average Bonchev–Trinajstić information content (AvgIpc) is 2.94. The molecule has 0 aliphatic rings. The van der Waals surface area contributed by atoms with Gasteiger partial charge < -0.3 is 15.2 Å². The van der Waals surface area contributed by atoms with Crippen LogP contribution in [0.25, 0.3) is 0 Å². The second-order valence-corrected chi connectivity index (χ2v) is 5.22. The molecule has 0 atom stereocenters. The highest BCUT2D eigenvalue weighted by Gasteiger charge is 2.05. The monoisotopic (exact) mass is 291 g/mol. The van der Waals surface area contributed by atoms with Gasteiger partial charge in [0.15, 0.2) is 0 Å². The Morgan fingerprint density at radius 2 is 2.00 bits per heavy atom. The second kappa shape index (κ2) is 7.55. The van der Waals surface area contributed by atoms with Gasteiger partial charge >= 0.3 is 5.97 Å². The summed E-state index contributed by atoms with van der Waals surface area (Å²) in [5.74, 6) is 0.343. The Hall–Kier alpha value is -2.01. The zero-order chi connectivity index (χ0) is 14.2. The molecule has 4 nitrogen and oxygen atoms in total. The lowest BCUT2D eigenvalue weighted by Gasteiger charge is -2.08. The van der Waals surface area contributed by atoms with Gasteiger partial charge in [-0.1, -0.05) is 18.2 Å². The van der Waals surface area contributed by atoms with Gasteiger partial charge in [-0.2, -0.15) is 0 Å². The lowest BCUT2D eigenvalue weighted by Crippen LogP contribution is -2.12. The van der Waals surface area contributed by atoms with E-state index >= 15 is 0 Å². The molecule has 0 fully saturated rings. The van der Waals surface area contributed by atoms with Crippen LogP contribution in [0.3, 0.4) is 0 Å². The number of hydrogen-bond donors (Lipinski definition) is 1. The molecule has 0 aliphatic carbocycles. The van der Waals surface area contributed by atoms with E-state index in [1.54, 1.807) is 23.5 Å². The third kappa shape index (κ3) is 4.59. The zero-order valence-corrected chi connectivity index (χ0v) is 11.9. The Morgan fingerprint density at radius 3 is 2.75 bits per heavy atom. The number of para-hydroxylation sites is 2. The van der Waals surface area contributed by atoms with Crippen LogP contribution in [0.2, 0.25) is 0 Å². The molecular formula is C15H17NO3S. The maximum atomic E-state index is 11.5. The predicted molar refractivity (Wildman–Crippen MR) is 79.9 cm³/mol. The summed E-state index contributed by atoms with van der Waals surface area (Å²) in [7, 11) is 0. The Bertz CT molecular complexity index is 540. The number of esters is 1. The molecule has 2 rings (SSSR count). The minimum absolute atomic E-state index is 0.221. The maximum absolute atomic E-state index is 11.5. The number of carbonyl (C=O) groups is 1. The van der Waals surface area contributed by atoms with Crippen LogP contribution < -0.4 is 10.5 Å². The topological polar surface area (TPSA) is 61.5 Å². The highest BCUT2D eigenvalue weighted by atomic mass is 32.1. The Balaban J connectivity index is 1.62. The van der Waals surface area contributed by atoms with Crippen molar-refractivity contribution >= 4 is 23.0 Å². The maximum Gasteiger partial charge on any atom is 0.309 e. The summed E-state index contributed by atoms with van der Waals surface area (Å²) < 4.78 is 10.6. The molecule has 2 N–H and O–H groups in total. The fraction of sp³-hybridized carbons (Fsp3) is 0.267. The van der Waals surface area contributed by atoms with Crippen LogP contribution >= 0.6 is 11.3 Å². The van der Waals surface area contributed by atoms with Crippen molar-refractivity contribution in [2.24, 2.45) is 0 Å². The van der Waals surface area contributed by atoms with Gasteiger partial charge in [-0.25, -0.2) is 0 Å². The SMILES string of the molecule is Nc1ccccc1OCCC(=O)OCCc1cccs1. The fourth-order valence-corrected chi connectivity index (χ4v) is 2.34. The van der Waals surface area contributed by atoms with E-state index in [4.69, 9.17) is 15.2 Å². The summed E-state index contributed by atoms with van der Waals surface area (Å²) in [5, 5.41) is 2.01. The van der Waals surface area contributed by atoms with E-state index in [0.717, 1.165) is 6.42 Å². The first kappa shape index (κ1) is 14.4. The van der Waals surface area contributed by atoms with Crippen molar-refractivity contribution in [2.75, 3.05) is 18.9 Å². The van der Waals surface area contributed by atoms with E-state index in [2.05, 4.69) is 0 Å². The largest absolute Gasteiger partial charge is 0.491 e. The zero-order valence-electron chi connectivity index (χ0n) is 11.1. The molecule has 0 saturated heterocycles. The molecule has 2 aromatic rings. The predicted octanol–water partition coefficient (Wildman–Crippen LogP) is 2.89. The van der Waals surface area contributed by atoms with Gasteiger partial charge in [0.25, 0.3) is 0 Å². The molecule has 0 aliphatic heterocycles. The van der Waals surface area contributed by atoms with Crippen molar-refractivity contribution in [2.45, 2.75) is 12.8 Å². The molecule has 0 unspecified atom stereocenters. The van der Waals surface area contributed by atoms with E-state index in [9.17, 15) is 4.79 Å². The molecule has 5 heteroatoms. The van der Waals surface area contributed by atoms with Crippen molar-refractivity contribution in [3.05, 3.63) is 46.7 Å². The Morgan fingerprint density at radius 1 is 1.15 bits per heavy atom. The summed E-state index contributed by atoms with van der Waals surface area (Å²) in [5.41, 5.74) is 6.30. The molecule has 0 spiro atoms. The van der Waals surface area contributed by atoms with Crippen molar-refractivity contribution in [3.8, 4) is 5.75 Å². The number of carbonyl (C=O) groups excluding carboxylic acids is 1. The summed E-state index contributed by atoms with van der Waals surface area (Å²) in [6, 6.07) is 11.2. The third-order valence-corrected chi connectivity index (χ3v) is 3.61. The van der Waals surface area contributed by atoms with Crippen LogP contribution in [0.5, 0.6) is 5.75 Å². The van der Waals surface area contributed by atoms with E-state index in [0.29, 0.717) is 18.0 Å². The number of anilines is 1. The minimum Gasteiger partial charge on any atom is -0.491 e. The van der Waals surface area contributed by atoms with Crippen molar-refractivity contribution in [1.82, 2.24) is 0 Å². The molecule has 0 radical (unpaired) electrons. The first-order chi connectivity index (χ1) is 9.75.